The van der Waals surface area contributed by atoms with Crippen LogP contribution in [0.2, 0.25) is 0 Å². The Morgan fingerprint density at radius 2 is 1.44 bits per heavy atom. The number of amides is 2. The van der Waals surface area contributed by atoms with Gasteiger partial charge in [0.15, 0.2) is 0 Å². The van der Waals surface area contributed by atoms with Crippen LogP contribution in [0.5, 0.6) is 11.5 Å². The average Bonchev–Trinajstić information content (AvgIpc) is 3.30. The summed E-state index contributed by atoms with van der Waals surface area (Å²) in [6, 6.07) is 25.2. The third-order valence-corrected chi connectivity index (χ3v) is 8.54. The molecule has 1 N–H and O–H groups in total. The van der Waals surface area contributed by atoms with Crippen LogP contribution in [0.3, 0.4) is 0 Å². The normalized spacial score (nSPS) is 17.1. The van der Waals surface area contributed by atoms with E-state index in [4.69, 9.17) is 9.47 Å². The van der Waals surface area contributed by atoms with E-state index in [2.05, 4.69) is 22.3 Å². The van der Waals surface area contributed by atoms with Crippen molar-refractivity contribution in [2.75, 3.05) is 40.4 Å². The van der Waals surface area contributed by atoms with Crippen LogP contribution in [-0.2, 0) is 11.3 Å². The van der Waals surface area contributed by atoms with Crippen LogP contribution in [0.15, 0.2) is 78.9 Å². The van der Waals surface area contributed by atoms with Crippen molar-refractivity contribution < 1.29 is 19.1 Å². The maximum Gasteiger partial charge on any atom is 0.251 e. The molecule has 3 aromatic rings. The van der Waals surface area contributed by atoms with E-state index in [1.807, 2.05) is 47.4 Å². The molecule has 2 heterocycles. The van der Waals surface area contributed by atoms with Crippen LogP contribution in [0, 0.1) is 5.41 Å². The average molecular weight is 578 g/mol. The molecule has 41 heavy (non-hydrogen) atoms. The van der Waals surface area contributed by atoms with Crippen LogP contribution in [0.4, 0.5) is 0 Å². The minimum absolute atomic E-state index is 0. The first-order chi connectivity index (χ1) is 19.5. The van der Waals surface area contributed by atoms with E-state index < -0.39 is 0 Å². The molecule has 8 heteroatoms. The van der Waals surface area contributed by atoms with Crippen molar-refractivity contribution >= 4 is 24.2 Å². The summed E-state index contributed by atoms with van der Waals surface area (Å²) in [6.45, 7) is 4.13. The highest BCUT2D eigenvalue weighted by Gasteiger charge is 2.47. The van der Waals surface area contributed by atoms with Crippen molar-refractivity contribution in [1.82, 2.24) is 15.1 Å². The number of likely N-dealkylation sites (tertiary alicyclic amines) is 2. The molecule has 0 radical (unpaired) electrons. The highest BCUT2D eigenvalue weighted by Crippen LogP contribution is 2.42. The second-order valence-electron chi connectivity index (χ2n) is 10.9. The molecule has 2 amide bonds. The van der Waals surface area contributed by atoms with Crippen LogP contribution in [0.1, 0.15) is 53.2 Å². The van der Waals surface area contributed by atoms with Gasteiger partial charge in [-0.1, -0.05) is 42.5 Å². The molecule has 2 fully saturated rings. The zero-order valence-electron chi connectivity index (χ0n) is 23.9. The fourth-order valence-corrected chi connectivity index (χ4v) is 5.97. The van der Waals surface area contributed by atoms with Crippen molar-refractivity contribution in [2.45, 2.75) is 38.3 Å². The van der Waals surface area contributed by atoms with E-state index in [1.165, 1.54) is 0 Å². The summed E-state index contributed by atoms with van der Waals surface area (Å²) in [5.74, 6) is 1.76. The van der Waals surface area contributed by atoms with Crippen molar-refractivity contribution in [2.24, 2.45) is 5.41 Å². The summed E-state index contributed by atoms with van der Waals surface area (Å²) >= 11 is 0. The number of methoxy groups -OCH3 is 2. The number of carbonyl (C=O) groups is 2. The van der Waals surface area contributed by atoms with Gasteiger partial charge in [-0.15, -0.1) is 12.4 Å². The molecule has 218 valence electrons. The first-order valence-corrected chi connectivity index (χ1v) is 14.1. The number of hydrogen-bond donors (Lipinski definition) is 1. The number of carbonyl (C=O) groups excluding carboxylic acids is 2. The lowest BCUT2D eigenvalue weighted by Crippen LogP contribution is -2.45. The third-order valence-electron chi connectivity index (χ3n) is 8.54. The van der Waals surface area contributed by atoms with Gasteiger partial charge >= 0.3 is 0 Å². The molecule has 1 atom stereocenters. The molecule has 2 aliphatic rings. The lowest BCUT2D eigenvalue weighted by atomic mass is 9.77. The number of nitrogens with zero attached hydrogens (tertiary/aromatic N) is 2. The number of benzene rings is 3. The van der Waals surface area contributed by atoms with Gasteiger partial charge in [0.2, 0.25) is 5.91 Å². The number of piperidine rings is 1. The molecular formula is C33H40ClN3O4. The van der Waals surface area contributed by atoms with E-state index in [0.29, 0.717) is 18.0 Å². The van der Waals surface area contributed by atoms with Gasteiger partial charge in [0.05, 0.1) is 25.7 Å². The number of halogens is 1. The van der Waals surface area contributed by atoms with E-state index in [-0.39, 0.29) is 29.8 Å². The zero-order valence-corrected chi connectivity index (χ0v) is 24.7. The maximum absolute atomic E-state index is 13.5. The Kier molecular flexibility index (Phi) is 10.3. The fourth-order valence-electron chi connectivity index (χ4n) is 5.97. The Balaban J connectivity index is 0.00000387. The summed E-state index contributed by atoms with van der Waals surface area (Å²) in [5, 5.41) is 3.24. The predicted octanol–water partition coefficient (Wildman–Crippen LogP) is 5.50. The molecule has 0 bridgehead atoms. The van der Waals surface area contributed by atoms with Crippen molar-refractivity contribution in [3.8, 4) is 11.5 Å². The van der Waals surface area contributed by atoms with Gasteiger partial charge in [0.25, 0.3) is 5.91 Å². The SMILES string of the molecule is COc1ccc(CN2CCC3(CCN(CCC(NC(=O)c4ccc(OC)cc4)c4ccccc4)CC3)C2=O)cc1.Cl. The monoisotopic (exact) mass is 577 g/mol. The molecule has 0 saturated carbocycles. The topological polar surface area (TPSA) is 71.1 Å². The molecular weight excluding hydrogens is 538 g/mol. The van der Waals surface area contributed by atoms with E-state index >= 15 is 0 Å². The van der Waals surface area contributed by atoms with Gasteiger partial charge in [0.1, 0.15) is 11.5 Å². The van der Waals surface area contributed by atoms with Crippen LogP contribution in [0.25, 0.3) is 0 Å². The Morgan fingerprint density at radius 1 is 0.854 bits per heavy atom. The second kappa shape index (κ2) is 13.9. The van der Waals surface area contributed by atoms with E-state index in [1.54, 1.807) is 38.5 Å². The minimum atomic E-state index is -0.232. The smallest absolute Gasteiger partial charge is 0.251 e. The Labute approximate surface area is 249 Å². The van der Waals surface area contributed by atoms with Gasteiger partial charge in [-0.05, 0) is 86.3 Å². The molecule has 2 aliphatic heterocycles. The van der Waals surface area contributed by atoms with Crippen molar-refractivity contribution in [3.05, 3.63) is 95.6 Å². The maximum atomic E-state index is 13.5. The van der Waals surface area contributed by atoms with Gasteiger partial charge < -0.3 is 24.6 Å². The number of hydrogen-bond acceptors (Lipinski definition) is 5. The molecule has 0 aromatic heterocycles. The summed E-state index contributed by atoms with van der Waals surface area (Å²) in [5.41, 5.74) is 2.61. The standard InChI is InChI=1S/C33H39N3O4.ClH/c1-39-28-12-8-25(9-13-28)24-36-23-19-33(32(36)38)17-21-35(22-18-33)20-16-30(26-6-4-3-5-7-26)34-31(37)27-10-14-29(40-2)15-11-27;/h3-15,30H,16-24H2,1-2H3,(H,34,37);1H. The molecule has 1 unspecified atom stereocenters. The highest BCUT2D eigenvalue weighted by molar-refractivity contribution is 5.94. The predicted molar refractivity (Wildman–Crippen MR) is 163 cm³/mol. The number of nitrogens with one attached hydrogen (secondary N) is 1. The van der Waals surface area contributed by atoms with Crippen LogP contribution < -0.4 is 14.8 Å². The third kappa shape index (κ3) is 7.21. The Bertz CT molecular complexity index is 1280. The Morgan fingerprint density at radius 3 is 2.05 bits per heavy atom. The molecule has 7 nitrogen and oxygen atoms in total. The summed E-state index contributed by atoms with van der Waals surface area (Å²) < 4.78 is 10.5. The fraction of sp³-hybridized carbons (Fsp3) is 0.394. The first-order valence-electron chi connectivity index (χ1n) is 14.1. The van der Waals surface area contributed by atoms with Crippen molar-refractivity contribution in [3.63, 3.8) is 0 Å². The largest absolute Gasteiger partial charge is 0.497 e. The molecule has 5 rings (SSSR count). The summed E-state index contributed by atoms with van der Waals surface area (Å²) in [4.78, 5) is 31.0. The number of rotatable bonds is 10. The lowest BCUT2D eigenvalue weighted by Gasteiger charge is -2.38. The zero-order chi connectivity index (χ0) is 28.0. The lowest BCUT2D eigenvalue weighted by molar-refractivity contribution is -0.138. The summed E-state index contributed by atoms with van der Waals surface area (Å²) in [7, 11) is 3.28. The van der Waals surface area contributed by atoms with E-state index in [0.717, 1.165) is 74.5 Å². The Hall–Kier alpha value is -3.55. The minimum Gasteiger partial charge on any atom is -0.497 e. The van der Waals surface area contributed by atoms with Gasteiger partial charge in [0, 0.05) is 25.2 Å². The molecule has 1 spiro atoms. The van der Waals surface area contributed by atoms with Gasteiger partial charge in [-0.3, -0.25) is 9.59 Å². The van der Waals surface area contributed by atoms with Crippen LogP contribution >= 0.6 is 12.4 Å². The number of ether oxygens (including phenoxy) is 2. The highest BCUT2D eigenvalue weighted by atomic mass is 35.5. The van der Waals surface area contributed by atoms with Crippen molar-refractivity contribution in [1.29, 1.82) is 0 Å². The molecule has 2 saturated heterocycles. The van der Waals surface area contributed by atoms with E-state index in [9.17, 15) is 9.59 Å². The molecule has 3 aromatic carbocycles. The quantitative estimate of drug-likeness (QED) is 0.344. The first kappa shape index (κ1) is 30.4. The summed E-state index contributed by atoms with van der Waals surface area (Å²) in [6.07, 6.45) is 3.51. The molecule has 0 aliphatic carbocycles. The van der Waals surface area contributed by atoms with Crippen LogP contribution in [-0.4, -0.2) is 62.0 Å². The van der Waals surface area contributed by atoms with Gasteiger partial charge in [-0.2, -0.15) is 0 Å². The van der Waals surface area contributed by atoms with Gasteiger partial charge in [-0.25, -0.2) is 0 Å². The second-order valence-corrected chi connectivity index (χ2v) is 10.9.